The molecule has 0 amide bonds. The number of halogens is 4. The molecule has 6 rings (SSSR count). The van der Waals surface area contributed by atoms with Gasteiger partial charge in [-0.1, -0.05) is 17.7 Å². The van der Waals surface area contributed by atoms with E-state index in [1.807, 2.05) is 30.3 Å². The highest BCUT2D eigenvalue weighted by Crippen LogP contribution is 2.41. The highest BCUT2D eigenvalue weighted by atomic mass is 35.5. The van der Waals surface area contributed by atoms with E-state index in [1.165, 1.54) is 0 Å². The zero-order valence-electron chi connectivity index (χ0n) is 19.1. The predicted octanol–water partition coefficient (Wildman–Crippen LogP) is 5.01. The molecule has 2 aliphatic heterocycles. The highest BCUT2D eigenvalue weighted by molar-refractivity contribution is 6.31. The van der Waals surface area contributed by atoms with Gasteiger partial charge in [0.15, 0.2) is 0 Å². The number of benzene rings is 1. The summed E-state index contributed by atoms with van der Waals surface area (Å²) in [5.74, 6) is 0.859. The number of hydrogen-bond donors (Lipinski definition) is 1. The molecule has 1 atom stereocenters. The lowest BCUT2D eigenvalue weighted by molar-refractivity contribution is -0.141. The van der Waals surface area contributed by atoms with Crippen LogP contribution in [-0.2, 0) is 17.3 Å². The lowest BCUT2D eigenvalue weighted by atomic mass is 9.93. The Morgan fingerprint density at radius 3 is 2.61 bits per heavy atom. The molecule has 5 heterocycles. The molecule has 186 valence electrons. The summed E-state index contributed by atoms with van der Waals surface area (Å²) in [5, 5.41) is 1.63. The van der Waals surface area contributed by atoms with Gasteiger partial charge in [-0.3, -0.25) is 0 Å². The van der Waals surface area contributed by atoms with Gasteiger partial charge in [-0.2, -0.15) is 13.2 Å². The SMILES string of the molecule is FC(F)(F)c1ccnc(N2CCc3c([nH]c4ccc(Cl)cc34)C2c2ccc(N3CCOCC3)nc2)n1. The van der Waals surface area contributed by atoms with Crippen LogP contribution < -0.4 is 9.80 Å². The van der Waals surface area contributed by atoms with Crippen LogP contribution in [0.4, 0.5) is 24.9 Å². The van der Waals surface area contributed by atoms with Crippen molar-refractivity contribution in [3.63, 3.8) is 0 Å². The Morgan fingerprint density at radius 2 is 1.86 bits per heavy atom. The van der Waals surface area contributed by atoms with E-state index < -0.39 is 17.9 Å². The molecule has 7 nitrogen and oxygen atoms in total. The Labute approximate surface area is 209 Å². The molecule has 0 spiro atoms. The molecule has 0 saturated carbocycles. The van der Waals surface area contributed by atoms with Gasteiger partial charge in [-0.05, 0) is 47.9 Å². The number of rotatable bonds is 3. The maximum atomic E-state index is 13.4. The third-order valence-electron chi connectivity index (χ3n) is 6.70. The smallest absolute Gasteiger partial charge is 0.378 e. The fourth-order valence-corrected chi connectivity index (χ4v) is 5.18. The second-order valence-corrected chi connectivity index (χ2v) is 9.28. The van der Waals surface area contributed by atoms with Gasteiger partial charge >= 0.3 is 6.18 Å². The molecule has 0 bridgehead atoms. The normalized spacial score (nSPS) is 18.5. The van der Waals surface area contributed by atoms with Gasteiger partial charge in [0.1, 0.15) is 11.5 Å². The molecular formula is C25H22ClF3N6O. The summed E-state index contributed by atoms with van der Waals surface area (Å²) in [5.41, 5.74) is 2.73. The second-order valence-electron chi connectivity index (χ2n) is 8.84. The summed E-state index contributed by atoms with van der Waals surface area (Å²) in [7, 11) is 0. The number of H-pyrrole nitrogens is 1. The van der Waals surface area contributed by atoms with Crippen LogP contribution in [0.3, 0.4) is 0 Å². The molecule has 1 saturated heterocycles. The van der Waals surface area contributed by atoms with Gasteiger partial charge in [0.2, 0.25) is 5.95 Å². The van der Waals surface area contributed by atoms with E-state index in [1.54, 1.807) is 11.1 Å². The van der Waals surface area contributed by atoms with Crippen molar-refractivity contribution in [2.24, 2.45) is 0 Å². The van der Waals surface area contributed by atoms with E-state index in [9.17, 15) is 13.2 Å². The van der Waals surface area contributed by atoms with E-state index in [4.69, 9.17) is 21.3 Å². The number of alkyl halides is 3. The average molecular weight is 515 g/mol. The first-order valence-corrected chi connectivity index (χ1v) is 12.0. The molecule has 1 fully saturated rings. The standard InChI is InChI=1S/C25H22ClF3N6O/c26-16-2-3-19-18(13-16)17-6-8-35(24-30-7-5-20(33-24)25(27,28)29)23(22(17)32-19)15-1-4-21(31-14-15)34-9-11-36-12-10-34/h1-5,7,13-14,23,32H,6,8-12H2. The van der Waals surface area contributed by atoms with Crippen LogP contribution in [0.5, 0.6) is 0 Å². The summed E-state index contributed by atoms with van der Waals surface area (Å²) in [4.78, 5) is 20.2. The van der Waals surface area contributed by atoms with Crippen molar-refractivity contribution in [3.8, 4) is 0 Å². The summed E-state index contributed by atoms with van der Waals surface area (Å²) in [6.07, 6.45) is -1.02. The molecule has 36 heavy (non-hydrogen) atoms. The predicted molar refractivity (Wildman–Crippen MR) is 131 cm³/mol. The first-order chi connectivity index (χ1) is 17.4. The molecule has 0 aliphatic carbocycles. The molecule has 3 aromatic heterocycles. The van der Waals surface area contributed by atoms with E-state index in [2.05, 4.69) is 19.9 Å². The second kappa shape index (κ2) is 8.94. The van der Waals surface area contributed by atoms with E-state index in [-0.39, 0.29) is 5.95 Å². The molecule has 1 N–H and O–H groups in total. The third kappa shape index (κ3) is 4.14. The van der Waals surface area contributed by atoms with Crippen LogP contribution in [0, 0.1) is 0 Å². The van der Waals surface area contributed by atoms with Crippen LogP contribution in [0.15, 0.2) is 48.8 Å². The number of pyridine rings is 1. The average Bonchev–Trinajstić information content (AvgIpc) is 3.26. The number of hydrogen-bond acceptors (Lipinski definition) is 6. The monoisotopic (exact) mass is 514 g/mol. The Morgan fingerprint density at radius 1 is 1.03 bits per heavy atom. The van der Waals surface area contributed by atoms with Crippen LogP contribution in [-0.4, -0.2) is 52.8 Å². The van der Waals surface area contributed by atoms with Crippen molar-refractivity contribution in [2.45, 2.75) is 18.6 Å². The number of nitrogens with zero attached hydrogens (tertiary/aromatic N) is 5. The molecule has 4 aromatic rings. The van der Waals surface area contributed by atoms with Crippen molar-refractivity contribution >= 4 is 34.3 Å². The molecule has 11 heteroatoms. The van der Waals surface area contributed by atoms with E-state index >= 15 is 0 Å². The first-order valence-electron chi connectivity index (χ1n) is 11.6. The van der Waals surface area contributed by atoms with E-state index in [0.29, 0.717) is 31.2 Å². The van der Waals surface area contributed by atoms with Crippen molar-refractivity contribution in [2.75, 3.05) is 42.6 Å². The minimum Gasteiger partial charge on any atom is -0.378 e. The highest BCUT2D eigenvalue weighted by Gasteiger charge is 2.37. The summed E-state index contributed by atoms with van der Waals surface area (Å²) >= 11 is 6.27. The lowest BCUT2D eigenvalue weighted by Gasteiger charge is -2.36. The summed E-state index contributed by atoms with van der Waals surface area (Å²) in [6, 6.07) is 9.99. The van der Waals surface area contributed by atoms with Crippen LogP contribution in [0.1, 0.15) is 28.6 Å². The van der Waals surface area contributed by atoms with Gasteiger partial charge < -0.3 is 19.5 Å². The molecule has 0 radical (unpaired) electrons. The van der Waals surface area contributed by atoms with Gasteiger partial charge in [-0.15, -0.1) is 0 Å². The number of fused-ring (bicyclic) bond motifs is 3. The molecular weight excluding hydrogens is 493 g/mol. The number of anilines is 2. The lowest BCUT2D eigenvalue weighted by Crippen LogP contribution is -2.38. The Bertz CT molecular complexity index is 1400. The third-order valence-corrected chi connectivity index (χ3v) is 6.94. The topological polar surface area (TPSA) is 70.2 Å². The van der Waals surface area contributed by atoms with E-state index in [0.717, 1.165) is 58.9 Å². The molecule has 1 unspecified atom stereocenters. The van der Waals surface area contributed by atoms with Crippen LogP contribution in [0.2, 0.25) is 5.02 Å². The van der Waals surface area contributed by atoms with Gasteiger partial charge in [0, 0.05) is 53.6 Å². The fraction of sp³-hybridized carbons (Fsp3) is 0.320. The van der Waals surface area contributed by atoms with Crippen molar-refractivity contribution in [1.82, 2.24) is 19.9 Å². The quantitative estimate of drug-likeness (QED) is 0.414. The zero-order chi connectivity index (χ0) is 24.9. The summed E-state index contributed by atoms with van der Waals surface area (Å²) in [6.45, 7) is 3.24. The first kappa shape index (κ1) is 23.1. The number of aromatic amines is 1. The minimum absolute atomic E-state index is 0.0226. The molecule has 2 aliphatic rings. The van der Waals surface area contributed by atoms with Crippen LogP contribution in [0.25, 0.3) is 10.9 Å². The Kier molecular flexibility index (Phi) is 5.72. The Balaban J connectivity index is 1.45. The van der Waals surface area contributed by atoms with Gasteiger partial charge in [-0.25, -0.2) is 15.0 Å². The maximum Gasteiger partial charge on any atom is 0.433 e. The van der Waals surface area contributed by atoms with Crippen molar-refractivity contribution in [1.29, 1.82) is 0 Å². The van der Waals surface area contributed by atoms with Gasteiger partial charge in [0.05, 0.1) is 19.3 Å². The Hall–Kier alpha value is -3.37. The largest absolute Gasteiger partial charge is 0.433 e. The number of morpholine rings is 1. The molecule has 1 aromatic carbocycles. The van der Waals surface area contributed by atoms with Crippen LogP contribution >= 0.6 is 11.6 Å². The fourth-order valence-electron chi connectivity index (χ4n) is 5.01. The minimum atomic E-state index is -4.56. The summed E-state index contributed by atoms with van der Waals surface area (Å²) < 4.78 is 45.8. The van der Waals surface area contributed by atoms with Gasteiger partial charge in [0.25, 0.3) is 0 Å². The number of ether oxygens (including phenoxy) is 1. The van der Waals surface area contributed by atoms with Crippen molar-refractivity contribution in [3.05, 3.63) is 76.3 Å². The number of aromatic nitrogens is 4. The maximum absolute atomic E-state index is 13.4. The van der Waals surface area contributed by atoms with Crippen molar-refractivity contribution < 1.29 is 17.9 Å². The zero-order valence-corrected chi connectivity index (χ0v) is 19.9. The number of nitrogens with one attached hydrogen (secondary N) is 1.